The summed E-state index contributed by atoms with van der Waals surface area (Å²) in [6, 6.07) is 0.576. The molecule has 5 nitrogen and oxygen atoms in total. The van der Waals surface area contributed by atoms with Crippen LogP contribution in [0.3, 0.4) is 0 Å². The first-order chi connectivity index (χ1) is 12.0. The molecule has 2 bridgehead atoms. The van der Waals surface area contributed by atoms with Crippen molar-refractivity contribution in [1.82, 2.24) is 15.1 Å². The van der Waals surface area contributed by atoms with Gasteiger partial charge < -0.3 is 15.1 Å². The van der Waals surface area contributed by atoms with E-state index in [0.717, 1.165) is 30.9 Å². The number of nitrogens with one attached hydrogen (secondary N) is 1. The van der Waals surface area contributed by atoms with Gasteiger partial charge in [0.1, 0.15) is 6.54 Å². The fourth-order valence-corrected chi connectivity index (χ4v) is 5.76. The van der Waals surface area contributed by atoms with Crippen molar-refractivity contribution in [3.8, 4) is 0 Å². The molecule has 1 N–H and O–H groups in total. The van der Waals surface area contributed by atoms with Crippen LogP contribution in [0.25, 0.3) is 0 Å². The fourth-order valence-electron chi connectivity index (χ4n) is 5.76. The van der Waals surface area contributed by atoms with Crippen LogP contribution >= 0.6 is 0 Å². The highest BCUT2D eigenvalue weighted by Gasteiger charge is 2.43. The maximum atomic E-state index is 12.0. The normalized spacial score (nSPS) is 33.4. The van der Waals surface area contributed by atoms with Gasteiger partial charge in [-0.2, -0.15) is 0 Å². The molecule has 0 aromatic heterocycles. The van der Waals surface area contributed by atoms with E-state index in [9.17, 15) is 4.79 Å². The van der Waals surface area contributed by atoms with Crippen molar-refractivity contribution in [3.63, 3.8) is 0 Å². The second-order valence-electron chi connectivity index (χ2n) is 9.23. The molecular formula is C20H34N4O. The molecule has 1 amide bonds. The zero-order chi connectivity index (χ0) is 17.4. The molecule has 3 atom stereocenters. The van der Waals surface area contributed by atoms with Crippen LogP contribution in [0.4, 0.5) is 0 Å². The van der Waals surface area contributed by atoms with Crippen LogP contribution in [0.1, 0.15) is 57.8 Å². The minimum atomic E-state index is 0.0852. The van der Waals surface area contributed by atoms with Gasteiger partial charge in [-0.25, -0.2) is 4.99 Å². The number of likely N-dealkylation sites (tertiary alicyclic amines) is 1. The van der Waals surface area contributed by atoms with Gasteiger partial charge >= 0.3 is 0 Å². The summed E-state index contributed by atoms with van der Waals surface area (Å²) < 4.78 is 0. The number of amides is 1. The number of carbonyl (C=O) groups is 1. The number of nitrogens with zero attached hydrogens (tertiary/aromatic N) is 3. The van der Waals surface area contributed by atoms with Crippen LogP contribution in [-0.2, 0) is 4.79 Å². The number of fused-ring (bicyclic) bond motifs is 2. The number of aliphatic imine (C=N–C) groups is 1. The standard InChI is InChI=1S/C20H34N4O/c1-23(2)18(25)13-21-19(22-17-12-15-5-6-16(17)11-15)24-10-9-20(14-24)7-3-4-8-20/h15-17H,3-14H2,1-2H3,(H,21,22). The van der Waals surface area contributed by atoms with Crippen molar-refractivity contribution >= 4 is 11.9 Å². The molecule has 0 radical (unpaired) electrons. The van der Waals surface area contributed by atoms with E-state index in [-0.39, 0.29) is 12.5 Å². The number of guanidine groups is 1. The number of hydrogen-bond acceptors (Lipinski definition) is 2. The second kappa shape index (κ2) is 6.81. The Kier molecular flexibility index (Phi) is 4.67. The third-order valence-corrected chi connectivity index (χ3v) is 7.32. The summed E-state index contributed by atoms with van der Waals surface area (Å²) in [4.78, 5) is 20.9. The zero-order valence-electron chi connectivity index (χ0n) is 16.0. The van der Waals surface area contributed by atoms with Crippen LogP contribution in [-0.4, -0.2) is 61.4 Å². The lowest BCUT2D eigenvalue weighted by Crippen LogP contribution is -2.48. The third-order valence-electron chi connectivity index (χ3n) is 7.32. The Morgan fingerprint density at radius 2 is 2.00 bits per heavy atom. The number of rotatable bonds is 3. The van der Waals surface area contributed by atoms with E-state index in [1.165, 1.54) is 57.8 Å². The minimum absolute atomic E-state index is 0.0852. The lowest BCUT2D eigenvalue weighted by Gasteiger charge is -2.31. The molecule has 3 saturated carbocycles. The van der Waals surface area contributed by atoms with Crippen LogP contribution < -0.4 is 5.32 Å². The van der Waals surface area contributed by atoms with E-state index in [1.807, 2.05) is 14.1 Å². The first-order valence-corrected chi connectivity index (χ1v) is 10.3. The summed E-state index contributed by atoms with van der Waals surface area (Å²) in [5, 5.41) is 3.80. The van der Waals surface area contributed by atoms with E-state index in [4.69, 9.17) is 4.99 Å². The lowest BCUT2D eigenvalue weighted by atomic mass is 9.86. The Bertz CT molecular complexity index is 538. The summed E-state index contributed by atoms with van der Waals surface area (Å²) >= 11 is 0. The molecule has 5 heteroatoms. The van der Waals surface area contributed by atoms with E-state index in [0.29, 0.717) is 11.5 Å². The van der Waals surface area contributed by atoms with E-state index in [2.05, 4.69) is 10.2 Å². The summed E-state index contributed by atoms with van der Waals surface area (Å²) in [5.41, 5.74) is 0.530. The Labute approximate surface area is 152 Å². The van der Waals surface area contributed by atoms with Crippen LogP contribution in [0.5, 0.6) is 0 Å². The van der Waals surface area contributed by atoms with Crippen molar-refractivity contribution in [3.05, 3.63) is 0 Å². The largest absolute Gasteiger partial charge is 0.353 e. The molecule has 1 aliphatic heterocycles. The quantitative estimate of drug-likeness (QED) is 0.631. The predicted molar refractivity (Wildman–Crippen MR) is 100 cm³/mol. The Hall–Kier alpha value is -1.26. The van der Waals surface area contributed by atoms with Crippen molar-refractivity contribution in [2.45, 2.75) is 63.8 Å². The predicted octanol–water partition coefficient (Wildman–Crippen LogP) is 2.47. The molecule has 3 unspecified atom stereocenters. The molecule has 140 valence electrons. The van der Waals surface area contributed by atoms with E-state index >= 15 is 0 Å². The minimum Gasteiger partial charge on any atom is -0.353 e. The maximum Gasteiger partial charge on any atom is 0.243 e. The first-order valence-electron chi connectivity index (χ1n) is 10.3. The highest BCUT2D eigenvalue weighted by molar-refractivity contribution is 5.85. The summed E-state index contributed by atoms with van der Waals surface area (Å²) in [5.74, 6) is 2.84. The van der Waals surface area contributed by atoms with Gasteiger partial charge in [0.25, 0.3) is 0 Å². The highest BCUT2D eigenvalue weighted by atomic mass is 16.2. The number of carbonyl (C=O) groups excluding carboxylic acids is 1. The molecule has 3 aliphatic carbocycles. The Morgan fingerprint density at radius 3 is 2.64 bits per heavy atom. The molecule has 1 saturated heterocycles. The highest BCUT2D eigenvalue weighted by Crippen LogP contribution is 2.46. The average molecular weight is 347 g/mol. The first kappa shape index (κ1) is 17.2. The van der Waals surface area contributed by atoms with Gasteiger partial charge in [-0.05, 0) is 55.8 Å². The summed E-state index contributed by atoms with van der Waals surface area (Å²) in [6.45, 7) is 2.50. The van der Waals surface area contributed by atoms with Gasteiger partial charge in [-0.1, -0.05) is 19.3 Å². The Morgan fingerprint density at radius 1 is 1.20 bits per heavy atom. The van der Waals surface area contributed by atoms with Gasteiger partial charge in [0.15, 0.2) is 5.96 Å². The molecule has 25 heavy (non-hydrogen) atoms. The van der Waals surface area contributed by atoms with Crippen molar-refractivity contribution in [1.29, 1.82) is 0 Å². The van der Waals surface area contributed by atoms with Crippen molar-refractivity contribution in [2.75, 3.05) is 33.7 Å². The third kappa shape index (κ3) is 3.52. The topological polar surface area (TPSA) is 47.9 Å². The summed E-state index contributed by atoms with van der Waals surface area (Å²) in [7, 11) is 3.62. The van der Waals surface area contributed by atoms with Gasteiger partial charge in [0.05, 0.1) is 0 Å². The monoisotopic (exact) mass is 346 g/mol. The van der Waals surface area contributed by atoms with Crippen LogP contribution in [0.2, 0.25) is 0 Å². The molecule has 1 spiro atoms. The van der Waals surface area contributed by atoms with Crippen molar-refractivity contribution in [2.24, 2.45) is 22.2 Å². The van der Waals surface area contributed by atoms with Crippen LogP contribution in [0, 0.1) is 17.3 Å². The molecule has 4 rings (SSSR count). The molecule has 0 aromatic carbocycles. The van der Waals surface area contributed by atoms with Crippen molar-refractivity contribution < 1.29 is 4.79 Å². The van der Waals surface area contributed by atoms with E-state index < -0.39 is 0 Å². The van der Waals surface area contributed by atoms with E-state index in [1.54, 1.807) is 4.90 Å². The van der Waals surface area contributed by atoms with Gasteiger partial charge in [-0.3, -0.25) is 4.79 Å². The Balaban J connectivity index is 1.45. The molecule has 4 aliphatic rings. The van der Waals surface area contributed by atoms with Gasteiger partial charge in [0, 0.05) is 33.2 Å². The second-order valence-corrected chi connectivity index (χ2v) is 9.23. The van der Waals surface area contributed by atoms with Crippen LogP contribution in [0.15, 0.2) is 4.99 Å². The van der Waals surface area contributed by atoms with Gasteiger partial charge in [0.2, 0.25) is 5.91 Å². The zero-order valence-corrected chi connectivity index (χ0v) is 16.0. The molecule has 1 heterocycles. The lowest BCUT2D eigenvalue weighted by molar-refractivity contribution is -0.127. The SMILES string of the molecule is CN(C)C(=O)CN=C(NC1CC2CCC1C2)N1CCC2(CCCC2)C1. The average Bonchev–Trinajstić information content (AvgIpc) is 3.37. The number of likely N-dealkylation sites (N-methyl/N-ethyl adjacent to an activating group) is 1. The number of hydrogen-bond donors (Lipinski definition) is 1. The molecule has 0 aromatic rings. The maximum absolute atomic E-state index is 12.0. The summed E-state index contributed by atoms with van der Waals surface area (Å²) in [6.07, 6.45) is 12.3. The van der Waals surface area contributed by atoms with Gasteiger partial charge in [-0.15, -0.1) is 0 Å². The molecular weight excluding hydrogens is 312 g/mol. The smallest absolute Gasteiger partial charge is 0.243 e. The molecule has 4 fully saturated rings. The fraction of sp³-hybridized carbons (Fsp3) is 0.900.